The third-order valence-corrected chi connectivity index (χ3v) is 3.30. The highest BCUT2D eigenvalue weighted by Gasteiger charge is 2.27. The van der Waals surface area contributed by atoms with Gasteiger partial charge in [-0.3, -0.25) is 19.7 Å². The van der Waals surface area contributed by atoms with Crippen LogP contribution in [0, 0.1) is 10.1 Å². The maximum absolute atomic E-state index is 11.4. The van der Waals surface area contributed by atoms with Crippen LogP contribution >= 0.6 is 0 Å². The molecule has 0 unspecified atom stereocenters. The number of rotatable bonds is 3. The van der Waals surface area contributed by atoms with Gasteiger partial charge in [0.2, 0.25) is 0 Å². The number of benzene rings is 1. The Labute approximate surface area is 120 Å². The molecule has 0 spiro atoms. The molecule has 1 aliphatic rings. The number of likely N-dealkylation sites (tertiary alicyclic amines) is 1. The summed E-state index contributed by atoms with van der Waals surface area (Å²) in [5.74, 6) is -1.48. The number of nitrogens with zero attached hydrogens (tertiary/aromatic N) is 2. The molecule has 1 aromatic carbocycles. The van der Waals surface area contributed by atoms with Crippen molar-refractivity contribution in [2.45, 2.75) is 18.9 Å². The Kier molecular flexibility index (Phi) is 4.36. The third-order valence-electron chi connectivity index (χ3n) is 3.30. The number of ether oxygens (including phenoxy) is 1. The van der Waals surface area contributed by atoms with Gasteiger partial charge in [0.05, 0.1) is 4.92 Å². The molecular weight excluding hydrogens is 278 g/mol. The normalized spacial score (nSPS) is 15.5. The molecule has 8 nitrogen and oxygen atoms in total. The van der Waals surface area contributed by atoms with Crippen molar-refractivity contribution in [1.29, 1.82) is 0 Å². The molecule has 2 rings (SSSR count). The van der Waals surface area contributed by atoms with Gasteiger partial charge < -0.3 is 15.4 Å². The van der Waals surface area contributed by atoms with E-state index in [-0.39, 0.29) is 17.5 Å². The van der Waals surface area contributed by atoms with Crippen molar-refractivity contribution in [3.8, 4) is 5.75 Å². The maximum Gasteiger partial charge on any atom is 0.311 e. The number of para-hydroxylation sites is 2. The smallest absolute Gasteiger partial charge is 0.311 e. The molecule has 1 aliphatic heterocycles. The highest BCUT2D eigenvalue weighted by Crippen LogP contribution is 2.28. The summed E-state index contributed by atoms with van der Waals surface area (Å²) in [4.78, 5) is 34.0. The Morgan fingerprint density at radius 2 is 1.90 bits per heavy atom. The zero-order valence-electron chi connectivity index (χ0n) is 11.2. The molecule has 8 heteroatoms. The number of piperidine rings is 1. The molecule has 1 heterocycles. The van der Waals surface area contributed by atoms with Gasteiger partial charge in [-0.25, -0.2) is 0 Å². The molecule has 2 N–H and O–H groups in total. The van der Waals surface area contributed by atoms with Crippen LogP contribution in [-0.2, 0) is 9.59 Å². The number of nitro groups is 1. The summed E-state index contributed by atoms with van der Waals surface area (Å²) < 4.78 is 5.64. The summed E-state index contributed by atoms with van der Waals surface area (Å²) >= 11 is 0. The highest BCUT2D eigenvalue weighted by molar-refractivity contribution is 6.34. The van der Waals surface area contributed by atoms with Gasteiger partial charge >= 0.3 is 17.5 Å². The van der Waals surface area contributed by atoms with E-state index in [1.807, 2.05) is 0 Å². The molecule has 0 atom stereocenters. The molecular formula is C13H15N3O5. The molecule has 1 aromatic rings. The fourth-order valence-electron chi connectivity index (χ4n) is 2.22. The van der Waals surface area contributed by atoms with Crippen LogP contribution in [0.3, 0.4) is 0 Å². The van der Waals surface area contributed by atoms with Gasteiger partial charge in [0, 0.05) is 32.0 Å². The Hall–Kier alpha value is -2.64. The predicted molar refractivity (Wildman–Crippen MR) is 72.5 cm³/mol. The van der Waals surface area contributed by atoms with Gasteiger partial charge in [-0.1, -0.05) is 12.1 Å². The van der Waals surface area contributed by atoms with Crippen molar-refractivity contribution in [3.05, 3.63) is 34.4 Å². The molecule has 1 saturated heterocycles. The van der Waals surface area contributed by atoms with Crippen LogP contribution in [0.4, 0.5) is 5.69 Å². The number of nitro benzene ring substituents is 1. The summed E-state index contributed by atoms with van der Waals surface area (Å²) in [6, 6.07) is 6.15. The second kappa shape index (κ2) is 6.21. The maximum atomic E-state index is 11.4. The monoisotopic (exact) mass is 293 g/mol. The second-order valence-electron chi connectivity index (χ2n) is 4.70. The van der Waals surface area contributed by atoms with Crippen LogP contribution < -0.4 is 10.5 Å². The van der Waals surface area contributed by atoms with Crippen LogP contribution in [0.15, 0.2) is 24.3 Å². The van der Waals surface area contributed by atoms with Gasteiger partial charge in [-0.15, -0.1) is 0 Å². The van der Waals surface area contributed by atoms with Crippen molar-refractivity contribution in [3.63, 3.8) is 0 Å². The zero-order chi connectivity index (χ0) is 15.4. The van der Waals surface area contributed by atoms with Crippen molar-refractivity contribution in [2.75, 3.05) is 13.1 Å². The molecule has 2 amide bonds. The van der Waals surface area contributed by atoms with E-state index >= 15 is 0 Å². The first-order chi connectivity index (χ1) is 9.99. The number of hydrogen-bond donors (Lipinski definition) is 1. The number of nitrogens with two attached hydrogens (primary N) is 1. The molecule has 0 aromatic heterocycles. The van der Waals surface area contributed by atoms with E-state index in [0.717, 1.165) is 0 Å². The van der Waals surface area contributed by atoms with E-state index in [9.17, 15) is 19.7 Å². The van der Waals surface area contributed by atoms with E-state index in [2.05, 4.69) is 0 Å². The summed E-state index contributed by atoms with van der Waals surface area (Å²) in [6.45, 7) is 0.681. The zero-order valence-corrected chi connectivity index (χ0v) is 11.2. The molecule has 112 valence electrons. The summed E-state index contributed by atoms with van der Waals surface area (Å²) in [5, 5.41) is 10.9. The Bertz CT molecular complexity index is 567. The average Bonchev–Trinajstić information content (AvgIpc) is 2.47. The first-order valence-electron chi connectivity index (χ1n) is 6.48. The minimum absolute atomic E-state index is 0.0897. The molecule has 0 aliphatic carbocycles. The lowest BCUT2D eigenvalue weighted by Gasteiger charge is -2.31. The summed E-state index contributed by atoms with van der Waals surface area (Å²) in [7, 11) is 0. The quantitative estimate of drug-likeness (QED) is 0.493. The van der Waals surface area contributed by atoms with E-state index in [1.165, 1.54) is 11.0 Å². The van der Waals surface area contributed by atoms with Crippen LogP contribution in [0.1, 0.15) is 12.8 Å². The number of hydrogen-bond acceptors (Lipinski definition) is 5. The van der Waals surface area contributed by atoms with Gasteiger partial charge in [-0.2, -0.15) is 0 Å². The molecule has 0 bridgehead atoms. The van der Waals surface area contributed by atoms with Gasteiger partial charge in [0.15, 0.2) is 5.75 Å². The van der Waals surface area contributed by atoms with Crippen molar-refractivity contribution in [2.24, 2.45) is 5.73 Å². The molecule has 21 heavy (non-hydrogen) atoms. The first-order valence-corrected chi connectivity index (χ1v) is 6.48. The van der Waals surface area contributed by atoms with Crippen LogP contribution in [0.2, 0.25) is 0 Å². The van der Waals surface area contributed by atoms with Crippen LogP contribution in [0.25, 0.3) is 0 Å². The van der Waals surface area contributed by atoms with Crippen LogP contribution in [0.5, 0.6) is 5.75 Å². The minimum atomic E-state index is -0.979. The van der Waals surface area contributed by atoms with Crippen molar-refractivity contribution in [1.82, 2.24) is 4.90 Å². The summed E-state index contributed by atoms with van der Waals surface area (Å²) in [5.41, 5.74) is 4.85. The molecule has 0 saturated carbocycles. The van der Waals surface area contributed by atoms with E-state index in [0.29, 0.717) is 25.9 Å². The second-order valence-corrected chi connectivity index (χ2v) is 4.70. The Balaban J connectivity index is 1.97. The van der Waals surface area contributed by atoms with E-state index in [4.69, 9.17) is 10.5 Å². The van der Waals surface area contributed by atoms with Gasteiger partial charge in [-0.05, 0) is 6.07 Å². The van der Waals surface area contributed by atoms with Crippen molar-refractivity contribution < 1.29 is 19.2 Å². The van der Waals surface area contributed by atoms with E-state index < -0.39 is 16.7 Å². The fourth-order valence-corrected chi connectivity index (χ4v) is 2.22. The largest absolute Gasteiger partial charge is 0.483 e. The molecule has 0 radical (unpaired) electrons. The predicted octanol–water partition coefficient (Wildman–Crippen LogP) is 0.450. The standard InChI is InChI=1S/C13H15N3O5/c14-12(17)13(18)15-7-5-9(6-8-15)21-11-4-2-1-3-10(11)16(19)20/h1-4,9H,5-8H2,(H2,14,17). The number of amides is 2. The van der Waals surface area contributed by atoms with Gasteiger partial charge in [0.1, 0.15) is 6.10 Å². The lowest BCUT2D eigenvalue weighted by molar-refractivity contribution is -0.386. The van der Waals surface area contributed by atoms with Gasteiger partial charge in [0.25, 0.3) is 0 Å². The van der Waals surface area contributed by atoms with E-state index in [1.54, 1.807) is 18.2 Å². The Morgan fingerprint density at radius 3 is 2.48 bits per heavy atom. The van der Waals surface area contributed by atoms with Crippen LogP contribution in [-0.4, -0.2) is 40.8 Å². The topological polar surface area (TPSA) is 116 Å². The number of primary amides is 1. The number of carbonyl (C=O) groups excluding carboxylic acids is 2. The lowest BCUT2D eigenvalue weighted by Crippen LogP contribution is -2.46. The summed E-state index contributed by atoms with van der Waals surface area (Å²) in [6.07, 6.45) is 0.749. The minimum Gasteiger partial charge on any atom is -0.483 e. The number of carbonyl (C=O) groups is 2. The fraction of sp³-hybridized carbons (Fsp3) is 0.385. The lowest BCUT2D eigenvalue weighted by atomic mass is 10.1. The van der Waals surface area contributed by atoms with Crippen molar-refractivity contribution >= 4 is 17.5 Å². The SMILES string of the molecule is NC(=O)C(=O)N1CCC(Oc2ccccc2[N+](=O)[O-])CC1. The first kappa shape index (κ1) is 14.8. The highest BCUT2D eigenvalue weighted by atomic mass is 16.6. The molecule has 1 fully saturated rings. The Morgan fingerprint density at radius 1 is 1.29 bits per heavy atom. The average molecular weight is 293 g/mol. The third kappa shape index (κ3) is 3.47.